The van der Waals surface area contributed by atoms with Crippen LogP contribution < -0.4 is 10.1 Å². The molecule has 2 aliphatic rings. The number of carbonyl (C=O) groups excluding carboxylic acids is 3. The molecule has 7 rings (SSSR count). The van der Waals surface area contributed by atoms with Crippen LogP contribution in [0, 0.1) is 5.92 Å². The number of hydrogen-bond acceptors (Lipinski definition) is 9. The first kappa shape index (κ1) is 35.1. The van der Waals surface area contributed by atoms with Crippen molar-refractivity contribution in [3.05, 3.63) is 149 Å². The summed E-state index contributed by atoms with van der Waals surface area (Å²) in [5.74, 6) is -1.20. The minimum atomic E-state index is -1.53. The van der Waals surface area contributed by atoms with E-state index in [2.05, 4.69) is 5.32 Å². The van der Waals surface area contributed by atoms with Crippen molar-refractivity contribution in [2.75, 3.05) is 33.0 Å². The van der Waals surface area contributed by atoms with E-state index in [1.165, 1.54) is 25.2 Å². The topological polar surface area (TPSA) is 138 Å². The number of nitrogens with zero attached hydrogens (tertiary/aromatic N) is 2. The highest BCUT2D eigenvalue weighted by molar-refractivity contribution is 6.02. The predicted molar refractivity (Wildman–Crippen MR) is 197 cm³/mol. The zero-order valence-corrected chi connectivity index (χ0v) is 29.7. The second-order valence-corrected chi connectivity index (χ2v) is 13.7. The van der Waals surface area contributed by atoms with Gasteiger partial charge in [0.15, 0.2) is 11.4 Å². The number of anilines is 1. The van der Waals surface area contributed by atoms with Crippen LogP contribution >= 0.6 is 0 Å². The van der Waals surface area contributed by atoms with Gasteiger partial charge in [0.1, 0.15) is 28.5 Å². The van der Waals surface area contributed by atoms with E-state index >= 15 is 0 Å². The highest BCUT2D eigenvalue weighted by Crippen LogP contribution is 2.59. The minimum Gasteiger partial charge on any atom is -0.508 e. The van der Waals surface area contributed by atoms with Crippen LogP contribution in [0.15, 0.2) is 115 Å². The molecule has 1 spiro atoms. The lowest BCUT2D eigenvalue weighted by Gasteiger charge is -2.41. The molecule has 11 nitrogen and oxygen atoms in total. The molecular formula is C42H39N3O8. The molecule has 3 atom stereocenters. The highest BCUT2D eigenvalue weighted by Gasteiger charge is 2.54. The monoisotopic (exact) mass is 713 g/mol. The quantitative estimate of drug-likeness (QED) is 0.110. The van der Waals surface area contributed by atoms with Crippen LogP contribution in [0.4, 0.5) is 15.3 Å². The lowest BCUT2D eigenvalue weighted by molar-refractivity contribution is -0.0496. The summed E-state index contributed by atoms with van der Waals surface area (Å²) >= 11 is 0. The fourth-order valence-corrected chi connectivity index (χ4v) is 7.40. The maximum atomic E-state index is 14.1. The number of imide groups is 1. The molecule has 0 saturated heterocycles. The molecule has 5 aromatic carbocycles. The third-order valence-corrected chi connectivity index (χ3v) is 9.93. The Labute approximate surface area is 307 Å². The molecule has 2 heterocycles. The fraction of sp³-hybridized carbons (Fsp3) is 0.214. The Kier molecular flexibility index (Phi) is 9.05. The smallest absolute Gasteiger partial charge is 0.418 e. The standard InChI is InChI=1S/C42H39N3O8/c1-26(25-44(2)3)41(28-15-9-6-10-16-28,24-27-13-7-5-8-14-27)53-40(50)45(4)39(49)43-36-34(47)22-21-33-37(36)51-35-23-29(46)19-20-32(35)42(33)31-18-12-11-17-30(31)38(48)52-42/h5-23,26,46-47H,24-25H2,1-4H3,(H,43,49)/t26-,41+,42?/m1/s1. The van der Waals surface area contributed by atoms with E-state index in [1.54, 1.807) is 36.4 Å². The number of fused-ring (bicyclic) bond motifs is 6. The summed E-state index contributed by atoms with van der Waals surface area (Å²) < 4.78 is 18.9. The average molecular weight is 714 g/mol. The van der Waals surface area contributed by atoms with Gasteiger partial charge in [-0.15, -0.1) is 0 Å². The zero-order valence-electron chi connectivity index (χ0n) is 29.7. The Morgan fingerprint density at radius 3 is 2.23 bits per heavy atom. The molecule has 0 aliphatic carbocycles. The summed E-state index contributed by atoms with van der Waals surface area (Å²) in [6, 6.07) is 32.5. The number of benzene rings is 5. The van der Waals surface area contributed by atoms with Crippen molar-refractivity contribution < 1.29 is 38.8 Å². The molecule has 270 valence electrons. The highest BCUT2D eigenvalue weighted by atomic mass is 16.6. The molecule has 5 aromatic rings. The van der Waals surface area contributed by atoms with E-state index in [4.69, 9.17) is 14.2 Å². The van der Waals surface area contributed by atoms with Gasteiger partial charge >= 0.3 is 18.1 Å². The van der Waals surface area contributed by atoms with Crippen molar-refractivity contribution in [2.45, 2.75) is 24.5 Å². The maximum Gasteiger partial charge on any atom is 0.418 e. The van der Waals surface area contributed by atoms with Crippen LogP contribution in [0.1, 0.15) is 45.1 Å². The lowest BCUT2D eigenvalue weighted by Crippen LogP contribution is -2.48. The Bertz CT molecular complexity index is 2210. The Morgan fingerprint density at radius 1 is 0.849 bits per heavy atom. The molecule has 1 unspecified atom stereocenters. The van der Waals surface area contributed by atoms with Crippen molar-refractivity contribution >= 4 is 23.8 Å². The first-order valence-electron chi connectivity index (χ1n) is 17.2. The number of aromatic hydroxyl groups is 2. The number of phenols is 2. The molecule has 11 heteroatoms. The van der Waals surface area contributed by atoms with Crippen LogP contribution in [0.3, 0.4) is 0 Å². The largest absolute Gasteiger partial charge is 0.508 e. The number of amides is 3. The summed E-state index contributed by atoms with van der Waals surface area (Å²) in [5, 5.41) is 24.2. The Morgan fingerprint density at radius 2 is 1.51 bits per heavy atom. The van der Waals surface area contributed by atoms with Gasteiger partial charge in [-0.05, 0) is 55.6 Å². The van der Waals surface area contributed by atoms with Crippen molar-refractivity contribution in [2.24, 2.45) is 5.92 Å². The Balaban J connectivity index is 1.26. The fourth-order valence-electron chi connectivity index (χ4n) is 7.40. The van der Waals surface area contributed by atoms with E-state index in [0.717, 1.165) is 16.0 Å². The molecule has 0 aromatic heterocycles. The molecule has 0 saturated carbocycles. The first-order chi connectivity index (χ1) is 25.4. The number of ether oxygens (including phenoxy) is 3. The number of esters is 1. The number of carbonyl (C=O) groups is 3. The number of hydrogen-bond donors (Lipinski definition) is 3. The lowest BCUT2D eigenvalue weighted by atomic mass is 9.77. The van der Waals surface area contributed by atoms with Crippen LogP contribution in [0.5, 0.6) is 23.0 Å². The van der Waals surface area contributed by atoms with Crippen LogP contribution in [0.2, 0.25) is 0 Å². The van der Waals surface area contributed by atoms with Gasteiger partial charge in [0, 0.05) is 43.1 Å². The van der Waals surface area contributed by atoms with E-state index in [-0.39, 0.29) is 34.6 Å². The van der Waals surface area contributed by atoms with Gasteiger partial charge < -0.3 is 34.6 Å². The minimum absolute atomic E-state index is 0.0370. The molecule has 0 fully saturated rings. The molecule has 3 amide bonds. The van der Waals surface area contributed by atoms with Crippen LogP contribution in [0.25, 0.3) is 0 Å². The molecule has 53 heavy (non-hydrogen) atoms. The molecule has 2 aliphatic heterocycles. The van der Waals surface area contributed by atoms with Crippen molar-refractivity contribution in [3.63, 3.8) is 0 Å². The van der Waals surface area contributed by atoms with Crippen LogP contribution in [-0.4, -0.2) is 65.8 Å². The van der Waals surface area contributed by atoms with Crippen LogP contribution in [-0.2, 0) is 27.1 Å². The van der Waals surface area contributed by atoms with E-state index in [1.807, 2.05) is 86.6 Å². The number of urea groups is 1. The second kappa shape index (κ2) is 13.7. The molecule has 3 N–H and O–H groups in total. The van der Waals surface area contributed by atoms with Crippen molar-refractivity contribution in [1.29, 1.82) is 0 Å². The summed E-state index contributed by atoms with van der Waals surface area (Å²) in [7, 11) is 5.17. The molecule has 0 bridgehead atoms. The van der Waals surface area contributed by atoms with E-state index in [0.29, 0.717) is 35.2 Å². The van der Waals surface area contributed by atoms with Crippen molar-refractivity contribution in [3.8, 4) is 23.0 Å². The maximum absolute atomic E-state index is 14.1. The van der Waals surface area contributed by atoms with Gasteiger partial charge in [0.2, 0.25) is 0 Å². The van der Waals surface area contributed by atoms with E-state index in [9.17, 15) is 24.6 Å². The molecular weight excluding hydrogens is 674 g/mol. The van der Waals surface area contributed by atoms with Gasteiger partial charge in [-0.3, -0.25) is 0 Å². The number of rotatable bonds is 8. The summed E-state index contributed by atoms with van der Waals surface area (Å²) in [4.78, 5) is 44.2. The van der Waals surface area contributed by atoms with Gasteiger partial charge in [-0.2, -0.15) is 0 Å². The number of nitrogens with one attached hydrogen (secondary N) is 1. The Hall–Kier alpha value is -6.33. The third kappa shape index (κ3) is 6.08. The predicted octanol–water partition coefficient (Wildman–Crippen LogP) is 7.60. The summed E-state index contributed by atoms with van der Waals surface area (Å²) in [6.45, 7) is 2.58. The van der Waals surface area contributed by atoms with Gasteiger partial charge in [-0.25, -0.2) is 19.3 Å². The molecule has 0 radical (unpaired) electrons. The normalized spacial score (nSPS) is 17.0. The average Bonchev–Trinajstić information content (AvgIpc) is 3.44. The first-order valence-corrected chi connectivity index (χ1v) is 17.2. The van der Waals surface area contributed by atoms with Gasteiger partial charge in [-0.1, -0.05) is 85.8 Å². The summed E-state index contributed by atoms with van der Waals surface area (Å²) in [6.07, 6.45) is -0.591. The van der Waals surface area contributed by atoms with E-state index < -0.39 is 29.3 Å². The van der Waals surface area contributed by atoms with Crippen molar-refractivity contribution in [1.82, 2.24) is 9.80 Å². The number of phenolic OH excluding ortho intramolecular Hbond substituents is 2. The zero-order chi connectivity index (χ0) is 37.5. The van der Waals surface area contributed by atoms with Gasteiger partial charge in [0.25, 0.3) is 0 Å². The van der Waals surface area contributed by atoms with Gasteiger partial charge in [0.05, 0.1) is 11.1 Å². The summed E-state index contributed by atoms with van der Waals surface area (Å²) in [5.41, 5.74) is 0.416. The second-order valence-electron chi connectivity index (χ2n) is 13.7. The third-order valence-electron chi connectivity index (χ3n) is 9.93. The SMILES string of the molecule is C[C@H](CN(C)C)[C@](Cc1ccccc1)(OC(=O)N(C)C(=O)Nc1c(O)ccc2c1Oc1cc(O)ccc1C21OC(=O)c2ccccc21)c1ccccc1.